The third-order valence-electron chi connectivity index (χ3n) is 1.77. The van der Waals surface area contributed by atoms with Crippen LogP contribution in [0.3, 0.4) is 0 Å². The first-order valence-corrected chi connectivity index (χ1v) is 4.34. The maximum absolute atomic E-state index is 12.5. The van der Waals surface area contributed by atoms with Crippen LogP contribution in [0.4, 0.5) is 22.0 Å². The minimum atomic E-state index is -4.76. The summed E-state index contributed by atoms with van der Waals surface area (Å²) in [5.41, 5.74) is 3.43. The predicted molar refractivity (Wildman–Crippen MR) is 43.8 cm³/mol. The van der Waals surface area contributed by atoms with E-state index in [1.807, 2.05) is 0 Å². The fourth-order valence-corrected chi connectivity index (χ4v) is 1.22. The van der Waals surface area contributed by atoms with Gasteiger partial charge in [0.25, 0.3) is 6.43 Å². The van der Waals surface area contributed by atoms with Crippen LogP contribution in [0, 0.1) is 0 Å². The fourth-order valence-electron chi connectivity index (χ4n) is 1.22. The van der Waals surface area contributed by atoms with Crippen LogP contribution in [0.1, 0.15) is 11.4 Å². The third kappa shape index (κ3) is 2.87. The van der Waals surface area contributed by atoms with Crippen molar-refractivity contribution >= 4 is 0 Å². The number of hydrogen-bond acceptors (Lipinski definition) is 3. The Morgan fingerprint density at radius 1 is 1.31 bits per heavy atom. The molecule has 0 radical (unpaired) electrons. The molecule has 0 fully saturated rings. The second kappa shape index (κ2) is 4.73. The Morgan fingerprint density at radius 3 is 2.38 bits per heavy atom. The Balaban J connectivity index is 3.09. The predicted octanol–water partition coefficient (Wildman–Crippen LogP) is 1.06. The molecule has 0 aromatic carbocycles. The fraction of sp³-hybridized carbons (Fsp3) is 0.714. The summed E-state index contributed by atoms with van der Waals surface area (Å²) in [4.78, 5) is 0. The van der Waals surface area contributed by atoms with Crippen LogP contribution in [-0.4, -0.2) is 28.0 Å². The maximum atomic E-state index is 12.5. The number of nitrogens with zero attached hydrogens (tertiary/aromatic N) is 3. The summed E-state index contributed by atoms with van der Waals surface area (Å²) in [6, 6.07) is 0. The first-order chi connectivity index (χ1) is 7.36. The van der Waals surface area contributed by atoms with E-state index >= 15 is 0 Å². The van der Waals surface area contributed by atoms with E-state index in [1.165, 1.54) is 0 Å². The Labute approximate surface area is 87.2 Å². The first-order valence-electron chi connectivity index (χ1n) is 4.34. The van der Waals surface area contributed by atoms with Crippen molar-refractivity contribution in [2.45, 2.75) is 25.6 Å². The Hall–Kier alpha value is -1.25. The van der Waals surface area contributed by atoms with Gasteiger partial charge in [0.05, 0.1) is 5.69 Å². The zero-order valence-electron chi connectivity index (χ0n) is 8.01. The van der Waals surface area contributed by atoms with Gasteiger partial charge >= 0.3 is 6.18 Å². The molecule has 0 atom stereocenters. The average molecular weight is 244 g/mol. The van der Waals surface area contributed by atoms with Gasteiger partial charge < -0.3 is 5.73 Å². The summed E-state index contributed by atoms with van der Waals surface area (Å²) in [6.45, 7) is -1.19. The normalized spacial score (nSPS) is 12.4. The molecule has 0 saturated heterocycles. The number of aromatic nitrogens is 3. The molecule has 1 aromatic rings. The summed E-state index contributed by atoms with van der Waals surface area (Å²) in [6.07, 6.45) is -7.84. The quantitative estimate of drug-likeness (QED) is 0.806. The van der Waals surface area contributed by atoms with Crippen molar-refractivity contribution in [2.24, 2.45) is 5.73 Å². The summed E-state index contributed by atoms with van der Waals surface area (Å²) in [7, 11) is 0. The molecule has 92 valence electrons. The van der Waals surface area contributed by atoms with Crippen molar-refractivity contribution in [3.05, 3.63) is 11.4 Å². The van der Waals surface area contributed by atoms with E-state index in [9.17, 15) is 22.0 Å². The maximum Gasteiger partial charge on any atom is 0.434 e. The van der Waals surface area contributed by atoms with Crippen molar-refractivity contribution in [1.29, 1.82) is 0 Å². The molecule has 9 heteroatoms. The van der Waals surface area contributed by atoms with E-state index in [1.54, 1.807) is 0 Å². The SMILES string of the molecule is NCCc1nnn(CC(F)F)c1C(F)(F)F. The molecule has 0 spiro atoms. The molecule has 0 unspecified atom stereocenters. The van der Waals surface area contributed by atoms with E-state index in [4.69, 9.17) is 5.73 Å². The van der Waals surface area contributed by atoms with Crippen LogP contribution in [0.25, 0.3) is 0 Å². The van der Waals surface area contributed by atoms with Crippen molar-refractivity contribution < 1.29 is 22.0 Å². The van der Waals surface area contributed by atoms with Gasteiger partial charge in [-0.3, -0.25) is 0 Å². The van der Waals surface area contributed by atoms with E-state index in [0.29, 0.717) is 0 Å². The molecule has 0 amide bonds. The van der Waals surface area contributed by atoms with Gasteiger partial charge in [0, 0.05) is 6.42 Å². The molecule has 0 aliphatic rings. The lowest BCUT2D eigenvalue weighted by Gasteiger charge is -2.10. The van der Waals surface area contributed by atoms with Crippen LogP contribution in [-0.2, 0) is 19.1 Å². The van der Waals surface area contributed by atoms with Crippen LogP contribution in [0.2, 0.25) is 0 Å². The topological polar surface area (TPSA) is 56.7 Å². The molecule has 0 saturated carbocycles. The van der Waals surface area contributed by atoms with E-state index in [-0.39, 0.29) is 17.6 Å². The van der Waals surface area contributed by atoms with Gasteiger partial charge in [-0.2, -0.15) is 13.2 Å². The second-order valence-corrected chi connectivity index (χ2v) is 2.99. The molecule has 1 rings (SSSR count). The second-order valence-electron chi connectivity index (χ2n) is 2.99. The standard InChI is InChI=1S/C7H9F5N4/c8-5(9)3-16-6(7(10,11)12)4(1-2-13)14-15-16/h5H,1-3,13H2. The zero-order valence-corrected chi connectivity index (χ0v) is 8.01. The number of hydrogen-bond donors (Lipinski definition) is 1. The third-order valence-corrected chi connectivity index (χ3v) is 1.77. The van der Waals surface area contributed by atoms with Crippen molar-refractivity contribution in [2.75, 3.05) is 6.54 Å². The average Bonchev–Trinajstić information content (AvgIpc) is 2.46. The van der Waals surface area contributed by atoms with Gasteiger partial charge in [-0.15, -0.1) is 5.10 Å². The lowest BCUT2D eigenvalue weighted by atomic mass is 10.2. The molecular formula is C7H9F5N4. The summed E-state index contributed by atoms with van der Waals surface area (Å²) in [5.74, 6) is 0. The van der Waals surface area contributed by atoms with Crippen molar-refractivity contribution in [3.8, 4) is 0 Å². The zero-order chi connectivity index (χ0) is 12.3. The first kappa shape index (κ1) is 12.8. The highest BCUT2D eigenvalue weighted by Gasteiger charge is 2.39. The highest BCUT2D eigenvalue weighted by atomic mass is 19.4. The lowest BCUT2D eigenvalue weighted by molar-refractivity contribution is -0.145. The smallest absolute Gasteiger partial charge is 0.330 e. The number of nitrogens with two attached hydrogens (primary N) is 1. The Bertz CT molecular complexity index is 345. The van der Waals surface area contributed by atoms with Crippen LogP contribution >= 0.6 is 0 Å². The molecule has 0 bridgehead atoms. The van der Waals surface area contributed by atoms with Gasteiger partial charge in [0.1, 0.15) is 6.54 Å². The Kier molecular flexibility index (Phi) is 3.79. The largest absolute Gasteiger partial charge is 0.434 e. The molecule has 0 aliphatic heterocycles. The van der Waals surface area contributed by atoms with E-state index < -0.39 is 30.5 Å². The highest BCUT2D eigenvalue weighted by Crippen LogP contribution is 2.31. The van der Waals surface area contributed by atoms with Gasteiger partial charge in [0.2, 0.25) is 0 Å². The number of halogens is 5. The molecule has 1 heterocycles. The number of alkyl halides is 5. The monoisotopic (exact) mass is 244 g/mol. The molecule has 0 aliphatic carbocycles. The van der Waals surface area contributed by atoms with Gasteiger partial charge in [-0.05, 0) is 6.54 Å². The van der Waals surface area contributed by atoms with Gasteiger partial charge in [0.15, 0.2) is 5.69 Å². The van der Waals surface area contributed by atoms with E-state index in [0.717, 1.165) is 0 Å². The minimum Gasteiger partial charge on any atom is -0.330 e. The van der Waals surface area contributed by atoms with E-state index in [2.05, 4.69) is 10.3 Å². The molecule has 16 heavy (non-hydrogen) atoms. The van der Waals surface area contributed by atoms with Crippen LogP contribution in [0.5, 0.6) is 0 Å². The minimum absolute atomic E-state index is 0.0591. The molecule has 2 N–H and O–H groups in total. The summed E-state index contributed by atoms with van der Waals surface area (Å²) >= 11 is 0. The van der Waals surface area contributed by atoms with Gasteiger partial charge in [-0.1, -0.05) is 5.21 Å². The Morgan fingerprint density at radius 2 is 1.94 bits per heavy atom. The van der Waals surface area contributed by atoms with Gasteiger partial charge in [-0.25, -0.2) is 13.5 Å². The molecule has 4 nitrogen and oxygen atoms in total. The van der Waals surface area contributed by atoms with Crippen LogP contribution in [0.15, 0.2) is 0 Å². The summed E-state index contributed by atoms with van der Waals surface area (Å²) < 4.78 is 61.8. The number of rotatable bonds is 4. The summed E-state index contributed by atoms with van der Waals surface area (Å²) in [5, 5.41) is 6.26. The lowest BCUT2D eigenvalue weighted by Crippen LogP contribution is -2.20. The molecule has 1 aromatic heterocycles. The van der Waals surface area contributed by atoms with Crippen molar-refractivity contribution in [1.82, 2.24) is 15.0 Å². The van der Waals surface area contributed by atoms with Crippen molar-refractivity contribution in [3.63, 3.8) is 0 Å². The molecular weight excluding hydrogens is 235 g/mol. The highest BCUT2D eigenvalue weighted by molar-refractivity contribution is 5.14. The van der Waals surface area contributed by atoms with Crippen LogP contribution < -0.4 is 5.73 Å².